The second kappa shape index (κ2) is 3.56. The molecule has 2 nitrogen and oxygen atoms in total. The molecule has 0 heterocycles. The quantitative estimate of drug-likeness (QED) is 0.578. The minimum Gasteiger partial charge on any atom is -0.266 e. The Bertz CT molecular complexity index is 264. The van der Waals surface area contributed by atoms with Gasteiger partial charge in [0, 0.05) is 6.08 Å². The van der Waals surface area contributed by atoms with E-state index in [1.54, 1.807) is 6.08 Å². The lowest BCUT2D eigenvalue weighted by Crippen LogP contribution is -1.88. The molecule has 0 aliphatic rings. The van der Waals surface area contributed by atoms with Gasteiger partial charge in [-0.3, -0.25) is 4.79 Å². The number of nitrogens with zero attached hydrogens (tertiary/aromatic N) is 1. The summed E-state index contributed by atoms with van der Waals surface area (Å²) in [5.74, 6) is -0.922. The van der Waals surface area contributed by atoms with Crippen molar-refractivity contribution in [3.8, 4) is 0 Å². The molecule has 2 heteroatoms. The molecule has 0 atom stereocenters. The number of hydrogen-bond donors (Lipinski definition) is 0. The predicted octanol–water partition coefficient (Wildman–Crippen LogP) is 1.30. The van der Waals surface area contributed by atoms with Crippen molar-refractivity contribution in [2.24, 2.45) is 0 Å². The molecule has 2 radical (unpaired) electrons. The molecule has 0 saturated carbocycles. The Kier molecular flexibility index (Phi) is 2.44. The van der Waals surface area contributed by atoms with E-state index in [0.29, 0.717) is 0 Å². The lowest BCUT2D eigenvalue weighted by molar-refractivity contribution is -0.114. The smallest absolute Gasteiger partial charge is 0.266 e. The Hall–Kier alpha value is -1.57. The first kappa shape index (κ1) is 7.54. The molecule has 0 bridgehead atoms. The van der Waals surface area contributed by atoms with Crippen LogP contribution in [0.25, 0.3) is 6.08 Å². The summed E-state index contributed by atoms with van der Waals surface area (Å²) in [6, 6.07) is 9.31. The lowest BCUT2D eigenvalue weighted by atomic mass is 10.2. The topological polar surface area (TPSA) is 39.4 Å². The zero-order chi connectivity index (χ0) is 8.10. The molecule has 0 aliphatic carbocycles. The highest BCUT2D eigenvalue weighted by molar-refractivity contribution is 5.89. The van der Waals surface area contributed by atoms with Crippen LogP contribution in [0.15, 0.2) is 36.4 Å². The molecule has 1 amide bonds. The Morgan fingerprint density at radius 3 is 2.45 bits per heavy atom. The van der Waals surface area contributed by atoms with Gasteiger partial charge in [0.25, 0.3) is 5.91 Å². The monoisotopic (exact) mass is 145 g/mol. The third-order valence-corrected chi connectivity index (χ3v) is 1.22. The largest absolute Gasteiger partial charge is 0.288 e. The van der Waals surface area contributed by atoms with Gasteiger partial charge in [-0.05, 0) is 11.6 Å². The first-order valence-electron chi connectivity index (χ1n) is 3.25. The zero-order valence-corrected chi connectivity index (χ0v) is 5.90. The van der Waals surface area contributed by atoms with Crippen LogP contribution in [0.1, 0.15) is 5.56 Å². The molecular weight excluding hydrogens is 138 g/mol. The summed E-state index contributed by atoms with van der Waals surface area (Å²) in [6.07, 6.45) is 2.68. The van der Waals surface area contributed by atoms with Crippen molar-refractivity contribution in [3.05, 3.63) is 42.0 Å². The van der Waals surface area contributed by atoms with Gasteiger partial charge in [-0.2, -0.15) is 0 Å². The molecule has 0 spiro atoms. The van der Waals surface area contributed by atoms with Crippen LogP contribution in [0.5, 0.6) is 0 Å². The van der Waals surface area contributed by atoms with Crippen molar-refractivity contribution in [1.82, 2.24) is 5.73 Å². The van der Waals surface area contributed by atoms with Crippen LogP contribution in [-0.2, 0) is 4.79 Å². The van der Waals surface area contributed by atoms with Gasteiger partial charge in [-0.25, -0.2) is 0 Å². The maximum Gasteiger partial charge on any atom is 0.288 e. The molecule has 0 unspecified atom stereocenters. The number of hydrogen-bond acceptors (Lipinski definition) is 1. The molecule has 1 rings (SSSR count). The highest BCUT2D eigenvalue weighted by Gasteiger charge is 1.86. The molecule has 0 saturated heterocycles. The Morgan fingerprint density at radius 1 is 1.27 bits per heavy atom. The van der Waals surface area contributed by atoms with Gasteiger partial charge in [-0.1, -0.05) is 30.3 Å². The fourth-order valence-corrected chi connectivity index (χ4v) is 0.732. The van der Waals surface area contributed by atoms with Crippen molar-refractivity contribution in [3.63, 3.8) is 0 Å². The van der Waals surface area contributed by atoms with E-state index in [9.17, 15) is 4.79 Å². The van der Waals surface area contributed by atoms with E-state index in [4.69, 9.17) is 5.73 Å². The standard InChI is InChI=1S/C9H7NO/c10-9(11)7-6-8-4-2-1-3-5-8/h1-7H. The SMILES string of the molecule is [N]C(=O)C=Cc1ccccc1. The van der Waals surface area contributed by atoms with Gasteiger partial charge in [0.15, 0.2) is 0 Å². The van der Waals surface area contributed by atoms with E-state index in [2.05, 4.69) is 0 Å². The van der Waals surface area contributed by atoms with Crippen LogP contribution in [0.3, 0.4) is 0 Å². The maximum atomic E-state index is 10.1. The number of rotatable bonds is 2. The molecular formula is C9H7NO. The third-order valence-electron chi connectivity index (χ3n) is 1.22. The van der Waals surface area contributed by atoms with E-state index in [0.717, 1.165) is 11.6 Å². The molecule has 11 heavy (non-hydrogen) atoms. The number of carbonyl (C=O) groups is 1. The van der Waals surface area contributed by atoms with Crippen molar-refractivity contribution in [2.75, 3.05) is 0 Å². The van der Waals surface area contributed by atoms with Crippen molar-refractivity contribution >= 4 is 12.0 Å². The molecule has 54 valence electrons. The van der Waals surface area contributed by atoms with Crippen LogP contribution in [-0.4, -0.2) is 5.91 Å². The first-order valence-corrected chi connectivity index (χ1v) is 3.25. The fraction of sp³-hybridized carbons (Fsp3) is 0. The summed E-state index contributed by atoms with van der Waals surface area (Å²) in [5, 5.41) is 0. The van der Waals surface area contributed by atoms with Crippen molar-refractivity contribution < 1.29 is 4.79 Å². The molecule has 0 aromatic heterocycles. The highest BCUT2D eigenvalue weighted by Crippen LogP contribution is 1.99. The number of amides is 1. The van der Waals surface area contributed by atoms with E-state index in [1.165, 1.54) is 0 Å². The summed E-state index contributed by atoms with van der Waals surface area (Å²) in [5.41, 5.74) is 9.19. The van der Waals surface area contributed by atoms with Gasteiger partial charge in [0.2, 0.25) is 0 Å². The van der Waals surface area contributed by atoms with Gasteiger partial charge in [-0.15, -0.1) is 5.73 Å². The van der Waals surface area contributed by atoms with Gasteiger partial charge >= 0.3 is 0 Å². The first-order chi connectivity index (χ1) is 5.29. The Balaban J connectivity index is 2.72. The molecule has 1 aromatic carbocycles. The summed E-state index contributed by atoms with van der Waals surface area (Å²) in [4.78, 5) is 10.1. The van der Waals surface area contributed by atoms with Gasteiger partial charge < -0.3 is 0 Å². The van der Waals surface area contributed by atoms with Crippen LogP contribution < -0.4 is 5.73 Å². The Labute approximate surface area is 65.3 Å². The fourth-order valence-electron chi connectivity index (χ4n) is 0.732. The molecule has 0 aliphatic heterocycles. The number of benzene rings is 1. The third kappa shape index (κ3) is 2.67. The number of carbonyl (C=O) groups excluding carboxylic acids is 1. The van der Waals surface area contributed by atoms with Crippen LogP contribution in [0.2, 0.25) is 0 Å². The van der Waals surface area contributed by atoms with E-state index >= 15 is 0 Å². The summed E-state index contributed by atoms with van der Waals surface area (Å²) >= 11 is 0. The van der Waals surface area contributed by atoms with Crippen LogP contribution in [0.4, 0.5) is 0 Å². The summed E-state index contributed by atoms with van der Waals surface area (Å²) in [7, 11) is 0. The average Bonchev–Trinajstić information content (AvgIpc) is 2.03. The average molecular weight is 145 g/mol. The maximum absolute atomic E-state index is 10.1. The van der Waals surface area contributed by atoms with Crippen LogP contribution >= 0.6 is 0 Å². The summed E-state index contributed by atoms with van der Waals surface area (Å²) in [6.45, 7) is 0. The lowest BCUT2D eigenvalue weighted by Gasteiger charge is -1.87. The molecule has 0 N–H and O–H groups in total. The summed E-state index contributed by atoms with van der Waals surface area (Å²) < 4.78 is 0. The van der Waals surface area contributed by atoms with Gasteiger partial charge in [0.1, 0.15) is 0 Å². The van der Waals surface area contributed by atoms with E-state index < -0.39 is 5.91 Å². The molecule has 1 aromatic rings. The second-order valence-electron chi connectivity index (χ2n) is 2.08. The molecule has 0 fully saturated rings. The zero-order valence-electron chi connectivity index (χ0n) is 5.90. The second-order valence-corrected chi connectivity index (χ2v) is 2.08. The van der Waals surface area contributed by atoms with Crippen molar-refractivity contribution in [1.29, 1.82) is 0 Å². The van der Waals surface area contributed by atoms with E-state index in [-0.39, 0.29) is 0 Å². The minimum atomic E-state index is -0.922. The Morgan fingerprint density at radius 2 is 1.91 bits per heavy atom. The van der Waals surface area contributed by atoms with E-state index in [1.807, 2.05) is 30.3 Å². The predicted molar refractivity (Wildman–Crippen MR) is 42.6 cm³/mol. The highest BCUT2D eigenvalue weighted by atomic mass is 16.1. The van der Waals surface area contributed by atoms with Gasteiger partial charge in [0.05, 0.1) is 0 Å². The van der Waals surface area contributed by atoms with Crippen LogP contribution in [0, 0.1) is 0 Å². The minimum absolute atomic E-state index is 0.898. The van der Waals surface area contributed by atoms with Crippen molar-refractivity contribution in [2.45, 2.75) is 0 Å². The normalized spacial score (nSPS) is 10.2.